The van der Waals surface area contributed by atoms with Crippen LogP contribution < -0.4 is 5.73 Å². The van der Waals surface area contributed by atoms with Gasteiger partial charge in [0.15, 0.2) is 0 Å². The van der Waals surface area contributed by atoms with Crippen molar-refractivity contribution < 1.29 is 4.79 Å². The normalized spacial score (nSPS) is 11.6. The zero-order chi connectivity index (χ0) is 14.5. The number of carbonyl (C=O) groups is 1. The minimum absolute atomic E-state index is 0. The van der Waals surface area contributed by atoms with Gasteiger partial charge in [0, 0.05) is 16.8 Å². The van der Waals surface area contributed by atoms with Crippen LogP contribution in [0.1, 0.15) is 15.3 Å². The molecule has 1 unspecified atom stereocenters. The number of hydrogen-bond acceptors (Lipinski definition) is 3. The Hall–Kier alpha value is -1.36. The molecule has 1 aromatic carbocycles. The molecule has 1 atom stereocenters. The van der Waals surface area contributed by atoms with Gasteiger partial charge in [0.25, 0.3) is 0 Å². The number of halogens is 1. The Bertz CT molecular complexity index is 571. The monoisotopic (exact) mass is 324 g/mol. The van der Waals surface area contributed by atoms with Crippen LogP contribution in [-0.4, -0.2) is 23.9 Å². The summed E-state index contributed by atoms with van der Waals surface area (Å²) in [6.45, 7) is 2.69. The summed E-state index contributed by atoms with van der Waals surface area (Å²) in [6, 6.07) is 13.5. The second kappa shape index (κ2) is 8.17. The topological polar surface area (TPSA) is 46.3 Å². The zero-order valence-corrected chi connectivity index (χ0v) is 13.9. The third-order valence-electron chi connectivity index (χ3n) is 3.18. The largest absolute Gasteiger partial charge is 0.339 e. The van der Waals surface area contributed by atoms with Crippen LogP contribution >= 0.6 is 23.7 Å². The Morgan fingerprint density at radius 3 is 2.48 bits per heavy atom. The first kappa shape index (κ1) is 17.7. The molecule has 0 aliphatic carbocycles. The Balaban J connectivity index is 0.00000220. The van der Waals surface area contributed by atoms with Crippen LogP contribution in [0.15, 0.2) is 42.5 Å². The van der Waals surface area contributed by atoms with Crippen molar-refractivity contribution in [2.24, 2.45) is 5.73 Å². The molecule has 0 aliphatic rings. The first-order chi connectivity index (χ1) is 9.56. The van der Waals surface area contributed by atoms with Gasteiger partial charge in [-0.1, -0.05) is 30.3 Å². The van der Waals surface area contributed by atoms with E-state index < -0.39 is 6.04 Å². The maximum atomic E-state index is 12.3. The molecule has 2 aromatic rings. The summed E-state index contributed by atoms with van der Waals surface area (Å²) >= 11 is 1.71. The molecular weight excluding hydrogens is 304 g/mol. The minimum Gasteiger partial charge on any atom is -0.339 e. The molecule has 2 N–H and O–H groups in total. The molecule has 0 fully saturated rings. The third-order valence-corrected chi connectivity index (χ3v) is 4.17. The second-order valence-electron chi connectivity index (χ2n) is 5.00. The van der Waals surface area contributed by atoms with Gasteiger partial charge in [0.05, 0.1) is 12.6 Å². The summed E-state index contributed by atoms with van der Waals surface area (Å²) < 4.78 is 0. The molecule has 2 rings (SSSR count). The van der Waals surface area contributed by atoms with Gasteiger partial charge in [-0.15, -0.1) is 23.7 Å². The van der Waals surface area contributed by atoms with Gasteiger partial charge in [-0.25, -0.2) is 0 Å². The van der Waals surface area contributed by atoms with Gasteiger partial charge >= 0.3 is 0 Å². The molecule has 0 saturated carbocycles. The number of aryl methyl sites for hydroxylation is 1. The smallest absolute Gasteiger partial charge is 0.239 e. The molecular formula is C16H21ClN2OS. The van der Waals surface area contributed by atoms with E-state index in [1.807, 2.05) is 37.4 Å². The minimum atomic E-state index is -0.483. The van der Waals surface area contributed by atoms with E-state index in [4.69, 9.17) is 5.73 Å². The second-order valence-corrected chi connectivity index (χ2v) is 6.38. The highest BCUT2D eigenvalue weighted by molar-refractivity contribution is 7.11. The predicted molar refractivity (Wildman–Crippen MR) is 90.9 cm³/mol. The van der Waals surface area contributed by atoms with Crippen molar-refractivity contribution in [2.75, 3.05) is 7.05 Å². The average molecular weight is 325 g/mol. The summed E-state index contributed by atoms with van der Waals surface area (Å²) in [5.41, 5.74) is 7.11. The Labute approximate surface area is 136 Å². The van der Waals surface area contributed by atoms with E-state index in [1.165, 1.54) is 9.75 Å². The number of nitrogens with zero attached hydrogens (tertiary/aromatic N) is 1. The molecule has 5 heteroatoms. The molecule has 0 bridgehead atoms. The van der Waals surface area contributed by atoms with Gasteiger partial charge < -0.3 is 10.6 Å². The quantitative estimate of drug-likeness (QED) is 0.919. The van der Waals surface area contributed by atoms with Crippen molar-refractivity contribution in [3.63, 3.8) is 0 Å². The molecule has 0 saturated heterocycles. The number of amides is 1. The number of hydrogen-bond donors (Lipinski definition) is 1. The van der Waals surface area contributed by atoms with E-state index in [0.717, 1.165) is 5.56 Å². The molecule has 1 amide bonds. The van der Waals surface area contributed by atoms with Crippen molar-refractivity contribution in [1.29, 1.82) is 0 Å². The molecule has 1 aromatic heterocycles. The molecule has 0 spiro atoms. The highest BCUT2D eigenvalue weighted by Gasteiger charge is 2.18. The summed E-state index contributed by atoms with van der Waals surface area (Å²) in [6.07, 6.45) is 0.577. The SMILES string of the molecule is Cc1ccc(CN(C)C(=O)C(N)Cc2ccccc2)s1.Cl. The Kier molecular flexibility index (Phi) is 6.89. The van der Waals surface area contributed by atoms with Crippen LogP contribution in [0.5, 0.6) is 0 Å². The predicted octanol–water partition coefficient (Wildman–Crippen LogP) is 3.01. The standard InChI is InChI=1S/C16H20N2OS.ClH/c1-12-8-9-14(20-12)11-18(2)16(19)15(17)10-13-6-4-3-5-7-13;/h3-9,15H,10-11,17H2,1-2H3;1H. The first-order valence-corrected chi connectivity index (χ1v) is 7.47. The molecule has 0 aliphatic heterocycles. The van der Waals surface area contributed by atoms with Crippen LogP contribution in [0, 0.1) is 6.92 Å². The van der Waals surface area contributed by atoms with E-state index in [1.54, 1.807) is 16.2 Å². The van der Waals surface area contributed by atoms with Crippen LogP contribution in [0.3, 0.4) is 0 Å². The number of likely N-dealkylation sites (N-methyl/N-ethyl adjacent to an activating group) is 1. The fourth-order valence-electron chi connectivity index (χ4n) is 2.12. The maximum absolute atomic E-state index is 12.3. The lowest BCUT2D eigenvalue weighted by Crippen LogP contribution is -2.42. The lowest BCUT2D eigenvalue weighted by molar-refractivity contribution is -0.131. The number of thiophene rings is 1. The average Bonchev–Trinajstić information content (AvgIpc) is 2.84. The summed E-state index contributed by atoms with van der Waals surface area (Å²) in [5.74, 6) is -0.0140. The van der Waals surface area contributed by atoms with E-state index >= 15 is 0 Å². The lowest BCUT2D eigenvalue weighted by Gasteiger charge is -2.20. The van der Waals surface area contributed by atoms with Crippen molar-refractivity contribution in [1.82, 2.24) is 4.90 Å². The van der Waals surface area contributed by atoms with E-state index in [-0.39, 0.29) is 18.3 Å². The van der Waals surface area contributed by atoms with Crippen LogP contribution in [0.25, 0.3) is 0 Å². The third kappa shape index (κ3) is 5.16. The molecule has 1 heterocycles. The number of carbonyl (C=O) groups excluding carboxylic acids is 1. The van der Waals surface area contributed by atoms with Gasteiger partial charge in [-0.05, 0) is 31.0 Å². The summed E-state index contributed by atoms with van der Waals surface area (Å²) in [4.78, 5) is 16.4. The highest BCUT2D eigenvalue weighted by Crippen LogP contribution is 2.17. The van der Waals surface area contributed by atoms with Crippen LogP contribution in [0.2, 0.25) is 0 Å². The first-order valence-electron chi connectivity index (χ1n) is 6.66. The molecule has 0 radical (unpaired) electrons. The molecule has 21 heavy (non-hydrogen) atoms. The highest BCUT2D eigenvalue weighted by atomic mass is 35.5. The van der Waals surface area contributed by atoms with Crippen molar-refractivity contribution in [3.8, 4) is 0 Å². The summed E-state index contributed by atoms with van der Waals surface area (Å²) in [5, 5.41) is 0. The van der Waals surface area contributed by atoms with Crippen molar-refractivity contribution in [3.05, 3.63) is 57.8 Å². The van der Waals surface area contributed by atoms with Crippen LogP contribution in [-0.2, 0) is 17.8 Å². The number of benzene rings is 1. The summed E-state index contributed by atoms with van der Waals surface area (Å²) in [7, 11) is 1.81. The van der Waals surface area contributed by atoms with Gasteiger partial charge in [0.2, 0.25) is 5.91 Å². The van der Waals surface area contributed by atoms with Crippen molar-refractivity contribution >= 4 is 29.7 Å². The Morgan fingerprint density at radius 1 is 1.24 bits per heavy atom. The van der Waals surface area contributed by atoms with Gasteiger partial charge in [0.1, 0.15) is 0 Å². The maximum Gasteiger partial charge on any atom is 0.239 e. The zero-order valence-electron chi connectivity index (χ0n) is 12.3. The fourth-order valence-corrected chi connectivity index (χ4v) is 3.06. The van der Waals surface area contributed by atoms with Gasteiger partial charge in [-0.2, -0.15) is 0 Å². The fraction of sp³-hybridized carbons (Fsp3) is 0.312. The van der Waals surface area contributed by atoms with Crippen LogP contribution in [0.4, 0.5) is 0 Å². The van der Waals surface area contributed by atoms with Crippen molar-refractivity contribution in [2.45, 2.75) is 25.9 Å². The Morgan fingerprint density at radius 2 is 1.90 bits per heavy atom. The lowest BCUT2D eigenvalue weighted by atomic mass is 10.1. The van der Waals surface area contributed by atoms with E-state index in [9.17, 15) is 4.79 Å². The number of nitrogens with two attached hydrogens (primary N) is 1. The van der Waals surface area contributed by atoms with E-state index in [0.29, 0.717) is 13.0 Å². The molecule has 3 nitrogen and oxygen atoms in total. The molecule has 114 valence electrons. The number of rotatable bonds is 5. The van der Waals surface area contributed by atoms with E-state index in [2.05, 4.69) is 19.1 Å². The van der Waals surface area contributed by atoms with Gasteiger partial charge in [-0.3, -0.25) is 4.79 Å².